The molecule has 0 spiro atoms. The first-order valence-corrected chi connectivity index (χ1v) is 11.0. The number of rotatable bonds is 7. The van der Waals surface area contributed by atoms with Crippen molar-refractivity contribution in [2.24, 2.45) is 11.8 Å². The van der Waals surface area contributed by atoms with Gasteiger partial charge in [-0.3, -0.25) is 4.90 Å². The summed E-state index contributed by atoms with van der Waals surface area (Å²) in [5.74, 6) is 7.48. The molecule has 3 aliphatic heterocycles. The van der Waals surface area contributed by atoms with E-state index < -0.39 is 11.2 Å². The Labute approximate surface area is 162 Å². The summed E-state index contributed by atoms with van der Waals surface area (Å²) in [5, 5.41) is 13.8. The molecule has 26 heavy (non-hydrogen) atoms. The van der Waals surface area contributed by atoms with Crippen LogP contribution in [0.5, 0.6) is 0 Å². The van der Waals surface area contributed by atoms with Crippen LogP contribution in [0.15, 0.2) is 17.5 Å². The molecule has 2 unspecified atom stereocenters. The Morgan fingerprint density at radius 2 is 2.19 bits per heavy atom. The van der Waals surface area contributed by atoms with E-state index in [2.05, 4.69) is 30.6 Å². The number of piperidine rings is 3. The van der Waals surface area contributed by atoms with Crippen LogP contribution >= 0.6 is 11.3 Å². The fraction of sp³-hybridized carbons (Fsp3) is 0.727. The molecule has 0 aromatic carbocycles. The molecule has 3 saturated heterocycles. The predicted molar refractivity (Wildman–Crippen MR) is 108 cm³/mol. The second-order valence-corrected chi connectivity index (χ2v) is 8.83. The normalized spacial score (nSPS) is 31.1. The van der Waals surface area contributed by atoms with Crippen molar-refractivity contribution in [1.29, 1.82) is 0 Å². The molecule has 1 N–H and O–H groups in total. The highest BCUT2D eigenvalue weighted by atomic mass is 32.1. The third-order valence-corrected chi connectivity index (χ3v) is 7.42. The molecule has 0 radical (unpaired) electrons. The molecule has 0 aliphatic carbocycles. The minimum absolute atomic E-state index is 0.156. The molecule has 3 nitrogen and oxygen atoms in total. The van der Waals surface area contributed by atoms with Crippen molar-refractivity contribution in [2.75, 3.05) is 26.7 Å². The van der Waals surface area contributed by atoms with E-state index in [-0.39, 0.29) is 5.92 Å². The first kappa shape index (κ1) is 19.9. The molecule has 1 aromatic rings. The number of fused-ring (bicyclic) bond motifs is 3. The van der Waals surface area contributed by atoms with Gasteiger partial charge in [0.2, 0.25) is 0 Å². The van der Waals surface area contributed by atoms with Crippen molar-refractivity contribution in [1.82, 2.24) is 4.90 Å². The third kappa shape index (κ3) is 3.73. The van der Waals surface area contributed by atoms with Crippen molar-refractivity contribution in [3.05, 3.63) is 22.4 Å². The fourth-order valence-corrected chi connectivity index (χ4v) is 5.52. The minimum atomic E-state index is -1.07. The number of hydrogen-bond donors (Lipinski definition) is 1. The number of aliphatic hydroxyl groups is 1. The standard InChI is InChI=1S/C22H33NO2S/c1-4-6-8-18(5-2)22(24,20-9-7-16-26-20)13-12-21(25-3)17-23-14-10-19(21)11-15-23/h7,9,16,18-19,24H,4-6,8,10-11,14-15,17H2,1-3H3/t18?,21-,22?/m1/s1. The molecule has 0 amide bonds. The number of ether oxygens (including phenoxy) is 1. The summed E-state index contributed by atoms with van der Waals surface area (Å²) in [4.78, 5) is 3.43. The molecule has 144 valence electrons. The predicted octanol–water partition coefficient (Wildman–Crippen LogP) is 4.27. The van der Waals surface area contributed by atoms with Gasteiger partial charge in [0.05, 0.1) is 0 Å². The Kier molecular flexibility index (Phi) is 6.45. The van der Waals surface area contributed by atoms with Gasteiger partial charge in [-0.2, -0.15) is 0 Å². The fourth-order valence-electron chi connectivity index (χ4n) is 4.66. The summed E-state index contributed by atoms with van der Waals surface area (Å²) in [6.45, 7) is 7.55. The zero-order chi connectivity index (χ0) is 18.6. The van der Waals surface area contributed by atoms with Gasteiger partial charge in [-0.25, -0.2) is 0 Å². The summed E-state index contributed by atoms with van der Waals surface area (Å²) < 4.78 is 6.00. The van der Waals surface area contributed by atoms with E-state index in [9.17, 15) is 5.11 Å². The molecule has 4 heteroatoms. The van der Waals surface area contributed by atoms with Crippen molar-refractivity contribution >= 4 is 11.3 Å². The lowest BCUT2D eigenvalue weighted by Crippen LogP contribution is -2.59. The molecule has 3 fully saturated rings. The van der Waals surface area contributed by atoms with Gasteiger partial charge in [-0.05, 0) is 50.2 Å². The van der Waals surface area contributed by atoms with Gasteiger partial charge >= 0.3 is 0 Å². The Morgan fingerprint density at radius 1 is 1.42 bits per heavy atom. The lowest BCUT2D eigenvalue weighted by molar-refractivity contribution is -0.0967. The van der Waals surface area contributed by atoms with Crippen molar-refractivity contribution in [3.8, 4) is 11.8 Å². The summed E-state index contributed by atoms with van der Waals surface area (Å²) in [7, 11) is 1.79. The smallest absolute Gasteiger partial charge is 0.162 e. The summed E-state index contributed by atoms with van der Waals surface area (Å²) in [6, 6.07) is 4.05. The average molecular weight is 376 g/mol. The number of nitrogens with zero attached hydrogens (tertiary/aromatic N) is 1. The van der Waals surface area contributed by atoms with Gasteiger partial charge in [-0.15, -0.1) is 11.3 Å². The Balaban J connectivity index is 1.95. The maximum absolute atomic E-state index is 11.7. The number of hydrogen-bond acceptors (Lipinski definition) is 4. The maximum Gasteiger partial charge on any atom is 0.162 e. The Hall–Kier alpha value is -0.860. The summed E-state index contributed by atoms with van der Waals surface area (Å²) in [5.41, 5.74) is -1.50. The van der Waals surface area contributed by atoms with Crippen molar-refractivity contribution < 1.29 is 9.84 Å². The van der Waals surface area contributed by atoms with Crippen molar-refractivity contribution in [2.45, 2.75) is 63.6 Å². The molecule has 1 aromatic heterocycles. The molecule has 0 saturated carbocycles. The van der Waals surface area contributed by atoms with Gasteiger partial charge < -0.3 is 9.84 Å². The van der Waals surface area contributed by atoms with Gasteiger partial charge in [0.1, 0.15) is 5.60 Å². The van der Waals surface area contributed by atoms with E-state index in [4.69, 9.17) is 4.74 Å². The summed E-state index contributed by atoms with van der Waals surface area (Å²) in [6.07, 6.45) is 6.49. The second-order valence-electron chi connectivity index (χ2n) is 7.89. The van der Waals surface area contributed by atoms with Crippen LogP contribution in [0.4, 0.5) is 0 Å². The SMILES string of the molecule is CCCCC(CC)C(O)(C#C[C@@]1(OC)CN2CCC1CC2)c1cccs1. The topological polar surface area (TPSA) is 32.7 Å². The quantitative estimate of drug-likeness (QED) is 0.723. The first-order valence-electron chi connectivity index (χ1n) is 10.2. The Morgan fingerprint density at radius 3 is 2.69 bits per heavy atom. The van der Waals surface area contributed by atoms with E-state index in [1.54, 1.807) is 18.4 Å². The zero-order valence-corrected chi connectivity index (χ0v) is 17.3. The largest absolute Gasteiger partial charge is 0.372 e. The van der Waals surface area contributed by atoms with Crippen LogP contribution in [0.2, 0.25) is 0 Å². The van der Waals surface area contributed by atoms with E-state index in [0.29, 0.717) is 5.92 Å². The van der Waals surface area contributed by atoms with Crippen LogP contribution in [0.25, 0.3) is 0 Å². The van der Waals surface area contributed by atoms with Gasteiger partial charge in [-0.1, -0.05) is 44.6 Å². The lowest BCUT2D eigenvalue weighted by Gasteiger charge is -2.50. The molecule has 3 aliphatic rings. The van der Waals surface area contributed by atoms with Crippen LogP contribution in [0.3, 0.4) is 0 Å². The van der Waals surface area contributed by atoms with Gasteiger partial charge in [0.15, 0.2) is 5.60 Å². The highest BCUT2D eigenvalue weighted by Gasteiger charge is 2.47. The molecule has 4 heterocycles. The van der Waals surface area contributed by atoms with Crippen LogP contribution in [-0.4, -0.2) is 42.4 Å². The minimum Gasteiger partial charge on any atom is -0.372 e. The molecule has 2 bridgehead atoms. The average Bonchev–Trinajstić information content (AvgIpc) is 3.23. The summed E-state index contributed by atoms with van der Waals surface area (Å²) >= 11 is 1.61. The maximum atomic E-state index is 11.7. The van der Waals surface area contributed by atoms with Crippen LogP contribution < -0.4 is 0 Å². The highest BCUT2D eigenvalue weighted by molar-refractivity contribution is 7.10. The first-order chi connectivity index (χ1) is 12.6. The number of unbranched alkanes of at least 4 members (excludes halogenated alkanes) is 1. The molecular weight excluding hydrogens is 342 g/mol. The second kappa shape index (κ2) is 8.44. The monoisotopic (exact) mass is 375 g/mol. The van der Waals surface area contributed by atoms with E-state index in [1.807, 2.05) is 17.5 Å². The Bertz CT molecular complexity index is 626. The van der Waals surface area contributed by atoms with Crippen molar-refractivity contribution in [3.63, 3.8) is 0 Å². The zero-order valence-electron chi connectivity index (χ0n) is 16.5. The third-order valence-electron chi connectivity index (χ3n) is 6.42. The van der Waals surface area contributed by atoms with Gasteiger partial charge in [0.25, 0.3) is 0 Å². The molecule has 3 atom stereocenters. The van der Waals surface area contributed by atoms with E-state index in [0.717, 1.165) is 63.0 Å². The van der Waals surface area contributed by atoms with E-state index in [1.165, 1.54) is 0 Å². The highest BCUT2D eigenvalue weighted by Crippen LogP contribution is 2.40. The molecule has 4 rings (SSSR count). The van der Waals surface area contributed by atoms with Gasteiger partial charge in [0, 0.05) is 30.4 Å². The van der Waals surface area contributed by atoms with Crippen LogP contribution in [-0.2, 0) is 10.3 Å². The lowest BCUT2D eigenvalue weighted by atomic mass is 9.74. The van der Waals surface area contributed by atoms with Crippen LogP contribution in [0, 0.1) is 23.7 Å². The van der Waals surface area contributed by atoms with Crippen LogP contribution in [0.1, 0.15) is 57.2 Å². The number of methoxy groups -OCH3 is 1. The molecular formula is C22H33NO2S. The number of thiophene rings is 1. The van der Waals surface area contributed by atoms with E-state index >= 15 is 0 Å².